The van der Waals surface area contributed by atoms with Crippen LogP contribution in [0.4, 0.5) is 17.6 Å². The average Bonchev–Trinajstić information content (AvgIpc) is 2.88. The molecule has 0 aliphatic heterocycles. The molecular formula is C31H34F4. The summed E-state index contributed by atoms with van der Waals surface area (Å²) in [5, 5.41) is 0. The van der Waals surface area contributed by atoms with Crippen molar-refractivity contribution in [2.45, 2.75) is 83.5 Å². The monoisotopic (exact) mass is 482 g/mol. The summed E-state index contributed by atoms with van der Waals surface area (Å²) in [6, 6.07) is 14.4. The second kappa shape index (κ2) is 11.4. The van der Waals surface area contributed by atoms with E-state index in [0.29, 0.717) is 54.4 Å². The predicted octanol–water partition coefficient (Wildman–Crippen LogP) is 9.65. The first-order valence-electron chi connectivity index (χ1n) is 13.0. The molecule has 4 heteroatoms. The van der Waals surface area contributed by atoms with Gasteiger partial charge < -0.3 is 0 Å². The lowest BCUT2D eigenvalue weighted by Gasteiger charge is -2.30. The zero-order valence-corrected chi connectivity index (χ0v) is 20.6. The van der Waals surface area contributed by atoms with Crippen LogP contribution in [-0.4, -0.2) is 0 Å². The molecule has 3 aromatic rings. The lowest BCUT2D eigenvalue weighted by Crippen LogP contribution is -2.15. The molecule has 0 aromatic heterocycles. The van der Waals surface area contributed by atoms with Gasteiger partial charge in [0.1, 0.15) is 0 Å². The Hall–Kier alpha value is -2.62. The van der Waals surface area contributed by atoms with E-state index in [1.807, 2.05) is 31.2 Å². The molecule has 0 heterocycles. The number of rotatable bonds is 8. The van der Waals surface area contributed by atoms with E-state index in [0.717, 1.165) is 25.7 Å². The van der Waals surface area contributed by atoms with Crippen molar-refractivity contribution < 1.29 is 17.6 Å². The highest BCUT2D eigenvalue weighted by Crippen LogP contribution is 2.43. The molecule has 0 unspecified atom stereocenters. The first-order chi connectivity index (χ1) is 16.9. The zero-order valence-electron chi connectivity index (χ0n) is 20.6. The maximum absolute atomic E-state index is 15.1. The van der Waals surface area contributed by atoms with Crippen LogP contribution in [0.1, 0.15) is 92.9 Å². The molecule has 0 N–H and O–H groups in total. The normalized spacial score (nSPS) is 18.1. The van der Waals surface area contributed by atoms with Crippen molar-refractivity contribution in [1.29, 1.82) is 0 Å². The van der Waals surface area contributed by atoms with Crippen molar-refractivity contribution in [2.24, 2.45) is 0 Å². The van der Waals surface area contributed by atoms with E-state index in [-0.39, 0.29) is 17.4 Å². The highest BCUT2D eigenvalue weighted by molar-refractivity contribution is 5.65. The quantitative estimate of drug-likeness (QED) is 0.280. The van der Waals surface area contributed by atoms with Crippen LogP contribution in [0.3, 0.4) is 0 Å². The van der Waals surface area contributed by atoms with Crippen LogP contribution in [0.15, 0.2) is 48.5 Å². The molecule has 1 saturated carbocycles. The highest BCUT2D eigenvalue weighted by atomic mass is 19.2. The fraction of sp³-hybridized carbons (Fsp3) is 0.419. The first-order valence-corrected chi connectivity index (χ1v) is 13.0. The van der Waals surface area contributed by atoms with E-state index in [4.69, 9.17) is 0 Å². The lowest BCUT2D eigenvalue weighted by atomic mass is 9.75. The summed E-state index contributed by atoms with van der Waals surface area (Å²) >= 11 is 0. The van der Waals surface area contributed by atoms with Crippen molar-refractivity contribution in [3.63, 3.8) is 0 Å². The molecule has 0 nitrogen and oxygen atoms in total. The maximum Gasteiger partial charge on any atom is 0.166 e. The number of hydrogen-bond donors (Lipinski definition) is 0. The summed E-state index contributed by atoms with van der Waals surface area (Å²) in [5.41, 5.74) is 3.33. The summed E-state index contributed by atoms with van der Waals surface area (Å²) in [5.74, 6) is -3.31. The third-order valence-corrected chi connectivity index (χ3v) is 7.51. The van der Waals surface area contributed by atoms with Gasteiger partial charge in [0.15, 0.2) is 23.3 Å². The second-order valence-corrected chi connectivity index (χ2v) is 9.87. The van der Waals surface area contributed by atoms with E-state index in [2.05, 4.69) is 6.92 Å². The summed E-state index contributed by atoms with van der Waals surface area (Å²) in [6.07, 6.45) is 6.75. The van der Waals surface area contributed by atoms with Gasteiger partial charge in [0.2, 0.25) is 0 Å². The Morgan fingerprint density at radius 2 is 1.17 bits per heavy atom. The van der Waals surface area contributed by atoms with Crippen LogP contribution in [0.5, 0.6) is 0 Å². The Bertz CT molecular complexity index is 1140. The van der Waals surface area contributed by atoms with Crippen LogP contribution >= 0.6 is 0 Å². The van der Waals surface area contributed by atoms with Gasteiger partial charge >= 0.3 is 0 Å². The molecule has 0 radical (unpaired) electrons. The van der Waals surface area contributed by atoms with Crippen LogP contribution in [0.2, 0.25) is 0 Å². The van der Waals surface area contributed by atoms with Crippen LogP contribution in [-0.2, 0) is 12.8 Å². The Morgan fingerprint density at radius 1 is 0.600 bits per heavy atom. The van der Waals surface area contributed by atoms with Gasteiger partial charge in [-0.1, -0.05) is 75.2 Å². The van der Waals surface area contributed by atoms with Crippen molar-refractivity contribution in [1.82, 2.24) is 0 Å². The van der Waals surface area contributed by atoms with Gasteiger partial charge in [-0.3, -0.25) is 0 Å². The van der Waals surface area contributed by atoms with E-state index in [1.165, 1.54) is 5.56 Å². The Balaban J connectivity index is 1.47. The Kier molecular flexibility index (Phi) is 8.30. The van der Waals surface area contributed by atoms with E-state index < -0.39 is 23.3 Å². The van der Waals surface area contributed by atoms with Crippen molar-refractivity contribution in [3.05, 3.63) is 94.1 Å². The molecule has 0 bridgehead atoms. The van der Waals surface area contributed by atoms with Gasteiger partial charge in [-0.15, -0.1) is 0 Å². The number of halogens is 4. The smallest absolute Gasteiger partial charge is 0.166 e. The van der Waals surface area contributed by atoms with Gasteiger partial charge in [-0.05, 0) is 84.6 Å². The minimum Gasteiger partial charge on any atom is -0.203 e. The Morgan fingerprint density at radius 3 is 1.74 bits per heavy atom. The molecule has 0 atom stereocenters. The number of benzene rings is 3. The maximum atomic E-state index is 15.1. The summed E-state index contributed by atoms with van der Waals surface area (Å²) in [6.45, 7) is 4.13. The van der Waals surface area contributed by atoms with Gasteiger partial charge in [-0.25, -0.2) is 17.6 Å². The third kappa shape index (κ3) is 5.47. The SMILES string of the molecule is CCCCc1ccc(C2CCC(c3ccc(-c4ccc(CCC)cc4)c(F)c3F)CC2)c(F)c1F. The van der Waals surface area contributed by atoms with E-state index >= 15 is 8.78 Å². The lowest BCUT2D eigenvalue weighted by molar-refractivity contribution is 0.369. The molecule has 0 saturated heterocycles. The van der Waals surface area contributed by atoms with Gasteiger partial charge in [0.05, 0.1) is 0 Å². The molecule has 1 fully saturated rings. The molecule has 1 aliphatic carbocycles. The summed E-state index contributed by atoms with van der Waals surface area (Å²) in [4.78, 5) is 0. The Labute approximate surface area is 206 Å². The molecule has 1 aliphatic rings. The molecule has 4 rings (SSSR count). The van der Waals surface area contributed by atoms with Crippen molar-refractivity contribution in [2.75, 3.05) is 0 Å². The second-order valence-electron chi connectivity index (χ2n) is 9.87. The molecule has 0 amide bonds. The number of aryl methyl sites for hydroxylation is 2. The zero-order chi connectivity index (χ0) is 24.9. The standard InChI is InChI=1S/C31H34F4/c1-3-5-7-24-16-17-25(29(33)28(24)32)22-12-14-23(15-13-22)27-19-18-26(30(34)31(27)35)21-10-8-20(6-4-2)9-11-21/h8-11,16-19,22-23H,3-7,12-15H2,1-2H3. The largest absolute Gasteiger partial charge is 0.203 e. The number of hydrogen-bond acceptors (Lipinski definition) is 0. The van der Waals surface area contributed by atoms with Crippen LogP contribution in [0.25, 0.3) is 11.1 Å². The topological polar surface area (TPSA) is 0 Å². The molecule has 186 valence electrons. The molecule has 0 spiro atoms. The van der Waals surface area contributed by atoms with Crippen molar-refractivity contribution in [3.8, 4) is 11.1 Å². The molecule has 35 heavy (non-hydrogen) atoms. The fourth-order valence-corrected chi connectivity index (χ4v) is 5.44. The van der Waals surface area contributed by atoms with Gasteiger partial charge in [0.25, 0.3) is 0 Å². The van der Waals surface area contributed by atoms with Crippen molar-refractivity contribution >= 4 is 0 Å². The molecule has 3 aromatic carbocycles. The first kappa shape index (κ1) is 25.5. The summed E-state index contributed by atoms with van der Waals surface area (Å²) < 4.78 is 59.5. The van der Waals surface area contributed by atoms with Gasteiger partial charge in [-0.2, -0.15) is 0 Å². The third-order valence-electron chi connectivity index (χ3n) is 7.51. The van der Waals surface area contributed by atoms with Gasteiger partial charge in [0, 0.05) is 5.56 Å². The van der Waals surface area contributed by atoms with Crippen LogP contribution < -0.4 is 0 Å². The fourth-order valence-electron chi connectivity index (χ4n) is 5.44. The minimum absolute atomic E-state index is 0.102. The summed E-state index contributed by atoms with van der Waals surface area (Å²) in [7, 11) is 0. The van der Waals surface area contributed by atoms with Crippen LogP contribution in [0, 0.1) is 23.3 Å². The number of unbranched alkanes of at least 4 members (excludes halogenated alkanes) is 1. The molecular weight excluding hydrogens is 448 g/mol. The predicted molar refractivity (Wildman–Crippen MR) is 135 cm³/mol. The minimum atomic E-state index is -0.816. The average molecular weight is 483 g/mol. The van der Waals surface area contributed by atoms with E-state index in [9.17, 15) is 8.78 Å². The van der Waals surface area contributed by atoms with E-state index in [1.54, 1.807) is 24.3 Å². The highest BCUT2D eigenvalue weighted by Gasteiger charge is 2.29.